The van der Waals surface area contributed by atoms with Crippen LogP contribution in [-0.4, -0.2) is 11.7 Å². The number of aromatic nitrogens is 1. The smallest absolute Gasteiger partial charge is 0.197 e. The third-order valence-corrected chi connectivity index (χ3v) is 3.28. The Balaban J connectivity index is 0.00000200. The Morgan fingerprint density at radius 2 is 1.95 bits per heavy atom. The number of rotatable bonds is 3. The van der Waals surface area contributed by atoms with Crippen LogP contribution in [0.5, 0.6) is 5.75 Å². The molecule has 1 radical (unpaired) electrons. The fourth-order valence-electron chi connectivity index (χ4n) is 2.18. The van der Waals surface area contributed by atoms with Gasteiger partial charge in [-0.05, 0) is 19.1 Å². The molecule has 0 aliphatic carbocycles. The Hall–Kier alpha value is -0.926. The normalized spacial score (nSPS) is 10.0. The monoisotopic (exact) mass is 345 g/mol. The van der Waals surface area contributed by atoms with E-state index in [1.54, 1.807) is 17.7 Å². The molecule has 20 heavy (non-hydrogen) atoms. The first-order valence-electron chi connectivity index (χ1n) is 6.35. The average Bonchev–Trinajstić information content (AvgIpc) is 2.42. The van der Waals surface area contributed by atoms with Crippen LogP contribution in [-0.2, 0) is 39.3 Å². The largest absolute Gasteiger partial charge is 0.497 e. The van der Waals surface area contributed by atoms with E-state index in [1.165, 1.54) is 0 Å². The van der Waals surface area contributed by atoms with Crippen LogP contribution in [0.2, 0.25) is 0 Å². The predicted molar refractivity (Wildman–Crippen MR) is 76.7 cm³/mol. The fraction of sp³-hybridized carbons (Fsp3) is 0.312. The first-order chi connectivity index (χ1) is 9.08. The van der Waals surface area contributed by atoms with Crippen LogP contribution in [0, 0.1) is 19.9 Å². The van der Waals surface area contributed by atoms with Gasteiger partial charge in [-0.25, -0.2) is 0 Å². The average molecular weight is 345 g/mol. The molecule has 0 spiro atoms. The van der Waals surface area contributed by atoms with Crippen molar-refractivity contribution in [1.82, 2.24) is 4.57 Å². The van der Waals surface area contributed by atoms with Gasteiger partial charge in [-0.1, -0.05) is 36.2 Å². The van der Waals surface area contributed by atoms with Gasteiger partial charge in [-0.2, -0.15) is 12.1 Å². The minimum atomic E-state index is 0. The van der Waals surface area contributed by atoms with Crippen LogP contribution in [0.4, 0.5) is 0 Å². The molecule has 0 atom stereocenters. The molecule has 0 amide bonds. The molecule has 1 heterocycles. The number of nitrogens with zero attached hydrogens (tertiary/aromatic N) is 1. The summed E-state index contributed by atoms with van der Waals surface area (Å²) in [7, 11) is 1.65. The minimum absolute atomic E-state index is 0. The van der Waals surface area contributed by atoms with E-state index in [9.17, 15) is 4.79 Å². The van der Waals surface area contributed by atoms with Gasteiger partial charge < -0.3 is 9.30 Å². The van der Waals surface area contributed by atoms with Crippen molar-refractivity contribution in [2.75, 3.05) is 7.11 Å². The molecule has 2 rings (SSSR count). The Bertz CT molecular complexity index is 662. The minimum Gasteiger partial charge on any atom is -0.497 e. The Morgan fingerprint density at radius 1 is 1.25 bits per heavy atom. The van der Waals surface area contributed by atoms with Crippen molar-refractivity contribution in [2.45, 2.75) is 27.3 Å². The molecular weight excluding hydrogens is 327 g/mol. The van der Waals surface area contributed by atoms with Crippen LogP contribution in [0.3, 0.4) is 0 Å². The molecule has 0 saturated heterocycles. The molecule has 103 valence electrons. The zero-order valence-corrected chi connectivity index (χ0v) is 15.2. The van der Waals surface area contributed by atoms with Crippen molar-refractivity contribution in [2.24, 2.45) is 0 Å². The van der Waals surface area contributed by atoms with Gasteiger partial charge in [0.25, 0.3) is 0 Å². The topological polar surface area (TPSA) is 31.2 Å². The van der Waals surface area contributed by atoms with Crippen molar-refractivity contribution in [1.29, 1.82) is 0 Å². The fourth-order valence-corrected chi connectivity index (χ4v) is 2.18. The zero-order chi connectivity index (χ0) is 14.0. The van der Waals surface area contributed by atoms with E-state index in [0.29, 0.717) is 6.54 Å². The molecule has 0 saturated carbocycles. The number of pyridine rings is 1. The van der Waals surface area contributed by atoms with Gasteiger partial charge in [0.05, 0.1) is 7.11 Å². The van der Waals surface area contributed by atoms with Gasteiger partial charge in [0.15, 0.2) is 5.56 Å². The van der Waals surface area contributed by atoms with Gasteiger partial charge in [-0.3, -0.25) is 4.79 Å². The maximum absolute atomic E-state index is 12.1. The second-order valence-corrected chi connectivity index (χ2v) is 4.55. The molecule has 1 aromatic heterocycles. The summed E-state index contributed by atoms with van der Waals surface area (Å²) in [5.41, 5.74) is 3.68. The van der Waals surface area contributed by atoms with Crippen molar-refractivity contribution < 1.29 is 37.4 Å². The summed E-state index contributed by atoms with van der Waals surface area (Å²) in [6, 6.07) is 10.8. The van der Waals surface area contributed by atoms with Crippen LogP contribution in [0.25, 0.3) is 11.3 Å². The maximum atomic E-state index is 12.1. The van der Waals surface area contributed by atoms with E-state index in [1.807, 2.05) is 39.0 Å². The molecule has 0 N–H and O–H groups in total. The van der Waals surface area contributed by atoms with E-state index < -0.39 is 0 Å². The van der Waals surface area contributed by atoms with Crippen LogP contribution >= 0.6 is 0 Å². The number of hydrogen-bond donors (Lipinski definition) is 0. The summed E-state index contributed by atoms with van der Waals surface area (Å²) < 4.78 is 6.96. The molecule has 2 aromatic rings. The van der Waals surface area contributed by atoms with Gasteiger partial charge in [-0.15, -0.1) is 6.07 Å². The summed E-state index contributed by atoms with van der Waals surface area (Å²) in [6.45, 7) is 6.43. The van der Waals surface area contributed by atoms with Crippen molar-refractivity contribution >= 4 is 0 Å². The predicted octanol–water partition coefficient (Wildman–Crippen LogP) is 2.96. The van der Waals surface area contributed by atoms with E-state index in [0.717, 1.165) is 28.1 Å². The molecule has 0 fully saturated rings. The molecular formula is C16H18NO2Y-. The second kappa shape index (κ2) is 7.19. The van der Waals surface area contributed by atoms with E-state index in [2.05, 4.69) is 6.07 Å². The summed E-state index contributed by atoms with van der Waals surface area (Å²) in [6.07, 6.45) is 0. The Labute approximate surface area is 144 Å². The van der Waals surface area contributed by atoms with Crippen LogP contribution in [0.1, 0.15) is 18.1 Å². The van der Waals surface area contributed by atoms with E-state index in [4.69, 9.17) is 4.74 Å². The summed E-state index contributed by atoms with van der Waals surface area (Å²) >= 11 is 0. The van der Waals surface area contributed by atoms with Crippen molar-refractivity contribution in [3.8, 4) is 17.0 Å². The maximum Gasteiger partial charge on any atom is 0.197 e. The van der Waals surface area contributed by atoms with Gasteiger partial charge in [0, 0.05) is 39.3 Å². The quantitative estimate of drug-likeness (QED) is 0.801. The summed E-state index contributed by atoms with van der Waals surface area (Å²) in [5, 5.41) is 0. The standard InChI is InChI=1S/C16H18NO2.Y/c1-5-17-15(9-6-11(2)16(17)18)14-8-7-13(19-4)10-12(14)3;/h6-8,10H,5H2,1-4H3;/q-1;. The summed E-state index contributed by atoms with van der Waals surface area (Å²) in [5.74, 6) is 0.818. The number of hydrogen-bond acceptors (Lipinski definition) is 2. The first kappa shape index (κ1) is 17.1. The molecule has 1 aromatic carbocycles. The van der Waals surface area contributed by atoms with Gasteiger partial charge >= 0.3 is 0 Å². The molecule has 0 bridgehead atoms. The Kier molecular flexibility index (Phi) is 6.16. The van der Waals surface area contributed by atoms with Gasteiger partial charge in [0.2, 0.25) is 0 Å². The molecule has 0 unspecified atom stereocenters. The van der Waals surface area contributed by atoms with Crippen molar-refractivity contribution in [3.05, 3.63) is 51.8 Å². The first-order valence-corrected chi connectivity index (χ1v) is 6.35. The third-order valence-electron chi connectivity index (χ3n) is 3.28. The molecule has 4 heteroatoms. The number of benzene rings is 1. The van der Waals surface area contributed by atoms with Gasteiger partial charge in [0.1, 0.15) is 5.75 Å². The summed E-state index contributed by atoms with van der Waals surface area (Å²) in [4.78, 5) is 12.1. The van der Waals surface area contributed by atoms with Crippen LogP contribution < -0.4 is 10.3 Å². The molecule has 0 aliphatic rings. The SMILES string of the molecule is CCn1c(-c2ccc(OC)cc2C)[c-]cc(C)c1=O.[Y]. The number of aryl methyl sites for hydroxylation is 2. The third kappa shape index (κ3) is 3.21. The van der Waals surface area contributed by atoms with E-state index in [-0.39, 0.29) is 38.3 Å². The van der Waals surface area contributed by atoms with Crippen LogP contribution in [0.15, 0.2) is 29.1 Å². The zero-order valence-electron chi connectivity index (χ0n) is 12.4. The second-order valence-electron chi connectivity index (χ2n) is 4.55. The molecule has 3 nitrogen and oxygen atoms in total. The number of methoxy groups -OCH3 is 1. The number of ether oxygens (including phenoxy) is 1. The van der Waals surface area contributed by atoms with Crippen molar-refractivity contribution in [3.63, 3.8) is 0 Å². The Morgan fingerprint density at radius 3 is 2.50 bits per heavy atom. The van der Waals surface area contributed by atoms with E-state index >= 15 is 0 Å². The molecule has 0 aliphatic heterocycles.